The third-order valence-corrected chi connectivity index (χ3v) is 5.68. The van der Waals surface area contributed by atoms with Crippen molar-refractivity contribution in [3.05, 3.63) is 77.1 Å². The quantitative estimate of drug-likeness (QED) is 0.392. The lowest BCUT2D eigenvalue weighted by Gasteiger charge is -2.24. The minimum absolute atomic E-state index is 0.0289. The number of furan rings is 1. The summed E-state index contributed by atoms with van der Waals surface area (Å²) in [5.41, 5.74) is 5.66. The van der Waals surface area contributed by atoms with Crippen molar-refractivity contribution < 1.29 is 13.1 Å². The molecule has 0 aliphatic carbocycles. The van der Waals surface area contributed by atoms with E-state index in [9.17, 15) is 0 Å². The van der Waals surface area contributed by atoms with E-state index in [2.05, 4.69) is 65.0 Å². The lowest BCUT2D eigenvalue weighted by molar-refractivity contribution is -0.654. The molecule has 29 heavy (non-hydrogen) atoms. The first-order chi connectivity index (χ1) is 15.2. The number of aromatic nitrogens is 2. The third kappa shape index (κ3) is 2.85. The second kappa shape index (κ2) is 6.62. The fraction of sp³-hybridized carbons (Fsp3) is 0.167. The lowest BCUT2D eigenvalue weighted by Crippen LogP contribution is -2.62. The molecule has 4 heterocycles. The van der Waals surface area contributed by atoms with E-state index in [1.165, 1.54) is 5.56 Å². The second-order valence-electron chi connectivity index (χ2n) is 7.59. The lowest BCUT2D eigenvalue weighted by atomic mass is 9.50. The van der Waals surface area contributed by atoms with Crippen LogP contribution in [0.15, 0.2) is 65.2 Å². The zero-order valence-electron chi connectivity index (χ0n) is 19.7. The van der Waals surface area contributed by atoms with Crippen molar-refractivity contribution in [1.82, 2.24) is 9.79 Å². The van der Waals surface area contributed by atoms with Crippen molar-refractivity contribution in [2.75, 3.05) is 7.05 Å². The molecule has 1 aliphatic heterocycles. The zero-order valence-corrected chi connectivity index (χ0v) is 16.7. The summed E-state index contributed by atoms with van der Waals surface area (Å²) in [6, 6.07) is 18.0. The summed E-state index contributed by atoms with van der Waals surface area (Å²) >= 11 is 0. The summed E-state index contributed by atoms with van der Waals surface area (Å²) in [6.07, 6.45) is 4.14. The number of pyridine rings is 2. The Morgan fingerprint density at radius 3 is 2.72 bits per heavy atom. The monoisotopic (exact) mass is 383 g/mol. The average Bonchev–Trinajstić information content (AvgIpc) is 3.13. The van der Waals surface area contributed by atoms with E-state index >= 15 is 0 Å². The largest absolute Gasteiger partial charge is 0.438 e. The van der Waals surface area contributed by atoms with Crippen molar-refractivity contribution in [2.45, 2.75) is 13.8 Å². The molecular weight excluding hydrogens is 357 g/mol. The van der Waals surface area contributed by atoms with Gasteiger partial charge in [0.05, 0.1) is 0 Å². The fourth-order valence-corrected chi connectivity index (χ4v) is 4.23. The first-order valence-electron chi connectivity index (χ1n) is 11.1. The summed E-state index contributed by atoms with van der Waals surface area (Å²) in [4.78, 5) is 6.47. The van der Waals surface area contributed by atoms with Gasteiger partial charge in [-0.05, 0) is 55.8 Å². The van der Waals surface area contributed by atoms with Gasteiger partial charge in [0.2, 0.25) is 5.71 Å². The molecule has 0 N–H and O–H groups in total. The van der Waals surface area contributed by atoms with Gasteiger partial charge in [0.25, 0.3) is 0 Å². The van der Waals surface area contributed by atoms with Gasteiger partial charge in [0.15, 0.2) is 11.8 Å². The zero-order chi connectivity index (χ0) is 22.6. The van der Waals surface area contributed by atoms with Crippen LogP contribution in [0.5, 0.6) is 0 Å². The summed E-state index contributed by atoms with van der Waals surface area (Å²) in [7, 11) is 4.10. The highest BCUT2D eigenvalue weighted by molar-refractivity contribution is 6.85. The molecule has 0 saturated carbocycles. The molecule has 4 aromatic rings. The normalized spacial score (nSPS) is 15.6. The molecule has 0 fully saturated rings. The van der Waals surface area contributed by atoms with Crippen LogP contribution in [-0.4, -0.2) is 23.7 Å². The molecule has 0 bridgehead atoms. The summed E-state index contributed by atoms with van der Waals surface area (Å²) < 4.78 is 31.2. The van der Waals surface area contributed by atoms with Crippen LogP contribution in [-0.2, 0) is 7.05 Å². The minimum atomic E-state index is -2.27. The molecule has 0 amide bonds. The molecule has 0 spiro atoms. The Morgan fingerprint density at radius 1 is 1.10 bits per heavy atom. The number of nitrogens with zero attached hydrogens (tertiary/aromatic N) is 3. The van der Waals surface area contributed by atoms with E-state index in [0.29, 0.717) is 5.71 Å². The topological polar surface area (TPSA) is 33.1 Å². The van der Waals surface area contributed by atoms with E-state index < -0.39 is 6.85 Å². The number of rotatable bonds is 2. The van der Waals surface area contributed by atoms with E-state index in [0.717, 1.165) is 32.6 Å². The van der Waals surface area contributed by atoms with Gasteiger partial charge in [0.1, 0.15) is 12.5 Å². The summed E-state index contributed by atoms with van der Waals surface area (Å²) in [5, 5.41) is 1.75. The van der Waals surface area contributed by atoms with Crippen LogP contribution >= 0.6 is 0 Å². The highest BCUT2D eigenvalue weighted by Gasteiger charge is 2.35. The Labute approximate surface area is 174 Å². The predicted octanol–water partition coefficient (Wildman–Crippen LogP) is 1.92. The number of benzene rings is 1. The molecule has 0 atom stereocenters. The van der Waals surface area contributed by atoms with Gasteiger partial charge in [0, 0.05) is 32.5 Å². The van der Waals surface area contributed by atoms with Crippen molar-refractivity contribution >= 4 is 35.2 Å². The number of hydrogen-bond acceptors (Lipinski definition) is 3. The average molecular weight is 383 g/mol. The third-order valence-electron chi connectivity index (χ3n) is 5.68. The molecule has 5 heteroatoms. The van der Waals surface area contributed by atoms with Crippen LogP contribution in [0.3, 0.4) is 0 Å². The minimum Gasteiger partial charge on any atom is -0.438 e. The standard InChI is InChI=1S/C24H23BN3O/c1-16-10-11-20-21-15-28(4)25(17(2)23(21)29-24(20)26-16)22-14-19(12-13-27(22)3)18-8-6-5-7-9-18/h5-15H,1-4H3/q+1/i1D3. The van der Waals surface area contributed by atoms with Crippen LogP contribution in [0.1, 0.15) is 16.7 Å². The van der Waals surface area contributed by atoms with E-state index in [1.54, 1.807) is 12.1 Å². The van der Waals surface area contributed by atoms with E-state index in [-0.39, 0.29) is 12.5 Å². The molecular formula is C24H23BN3O+. The Bertz CT molecular complexity index is 1460. The summed E-state index contributed by atoms with van der Waals surface area (Å²) in [5.74, 6) is 0. The molecule has 3 aromatic heterocycles. The molecule has 0 unspecified atom stereocenters. The number of aryl methyl sites for hydroxylation is 2. The molecule has 4 nitrogen and oxygen atoms in total. The molecule has 1 aromatic carbocycles. The molecule has 0 radical (unpaired) electrons. The van der Waals surface area contributed by atoms with Crippen LogP contribution in [0.2, 0.25) is 0 Å². The maximum absolute atomic E-state index is 7.65. The van der Waals surface area contributed by atoms with Gasteiger partial charge >= 0.3 is 6.85 Å². The highest BCUT2D eigenvalue weighted by Crippen LogP contribution is 2.18. The molecule has 5 rings (SSSR count). The van der Waals surface area contributed by atoms with Crippen molar-refractivity contribution in [3.8, 4) is 11.1 Å². The van der Waals surface area contributed by atoms with Gasteiger partial charge in [-0.3, -0.25) is 0 Å². The smallest absolute Gasteiger partial charge is 0.402 e. The number of fused-ring (bicyclic) bond motifs is 3. The van der Waals surface area contributed by atoms with Gasteiger partial charge in [-0.2, -0.15) is 0 Å². The van der Waals surface area contributed by atoms with E-state index in [4.69, 9.17) is 8.53 Å². The van der Waals surface area contributed by atoms with Crippen molar-refractivity contribution in [1.29, 1.82) is 0 Å². The Kier molecular flexibility index (Phi) is 3.34. The molecule has 1 aliphatic rings. The van der Waals surface area contributed by atoms with Crippen LogP contribution < -0.4 is 20.8 Å². The van der Waals surface area contributed by atoms with Crippen LogP contribution in [0.25, 0.3) is 33.9 Å². The Morgan fingerprint density at radius 2 is 1.93 bits per heavy atom. The SMILES string of the molecule is [2H]C([2H])([2H])c1ccc2c3c(oc2n1)=C(C)B(c1cc(-c2ccccc2)cc[n+]1C)N(C)C=3. The van der Waals surface area contributed by atoms with Crippen LogP contribution in [0, 0.1) is 6.85 Å². The fourth-order valence-electron chi connectivity index (χ4n) is 4.23. The number of hydrogen-bond donors (Lipinski definition) is 0. The van der Waals surface area contributed by atoms with Gasteiger partial charge in [-0.15, -0.1) is 0 Å². The maximum atomic E-state index is 7.65. The first-order valence-corrected chi connectivity index (χ1v) is 9.63. The molecule has 0 saturated heterocycles. The van der Waals surface area contributed by atoms with E-state index in [1.807, 2.05) is 25.2 Å². The van der Waals surface area contributed by atoms with Crippen molar-refractivity contribution in [2.24, 2.45) is 7.05 Å². The first kappa shape index (κ1) is 14.6. The van der Waals surface area contributed by atoms with Crippen LogP contribution in [0.4, 0.5) is 0 Å². The Balaban J connectivity index is 1.69. The van der Waals surface area contributed by atoms with Gasteiger partial charge in [-0.1, -0.05) is 30.3 Å². The summed E-state index contributed by atoms with van der Waals surface area (Å²) in [6.45, 7) is -0.233. The van der Waals surface area contributed by atoms with Gasteiger partial charge in [-0.25, -0.2) is 9.55 Å². The second-order valence-corrected chi connectivity index (χ2v) is 7.59. The molecule has 142 valence electrons. The van der Waals surface area contributed by atoms with Gasteiger partial charge < -0.3 is 9.23 Å². The predicted molar refractivity (Wildman–Crippen MR) is 118 cm³/mol. The van der Waals surface area contributed by atoms with Crippen molar-refractivity contribution in [3.63, 3.8) is 0 Å². The Hall–Kier alpha value is -3.34. The highest BCUT2D eigenvalue weighted by atomic mass is 16.3. The maximum Gasteiger partial charge on any atom is 0.402 e.